The number of thiazole rings is 1. The van der Waals surface area contributed by atoms with Crippen molar-refractivity contribution in [3.63, 3.8) is 0 Å². The fourth-order valence-electron chi connectivity index (χ4n) is 2.07. The van der Waals surface area contributed by atoms with E-state index in [1.54, 1.807) is 11.3 Å². The third-order valence-electron chi connectivity index (χ3n) is 3.30. The maximum atomic E-state index is 12.2. The summed E-state index contributed by atoms with van der Waals surface area (Å²) in [6.07, 6.45) is 2.07. The number of hydrogen-bond acceptors (Lipinski definition) is 3. The number of amides is 1. The second kappa shape index (κ2) is 5.13. The van der Waals surface area contributed by atoms with E-state index < -0.39 is 0 Å². The van der Waals surface area contributed by atoms with E-state index in [1.165, 1.54) is 0 Å². The Morgan fingerprint density at radius 1 is 1.37 bits per heavy atom. The van der Waals surface area contributed by atoms with Crippen LogP contribution in [0.25, 0.3) is 11.3 Å². The van der Waals surface area contributed by atoms with E-state index in [2.05, 4.69) is 4.98 Å². The second-order valence-corrected chi connectivity index (χ2v) is 5.57. The van der Waals surface area contributed by atoms with Gasteiger partial charge in [0.2, 0.25) is 5.91 Å². The minimum Gasteiger partial charge on any atom is -0.288 e. The average molecular weight is 272 g/mol. The highest BCUT2D eigenvalue weighted by Gasteiger charge is 2.34. The first-order valence-electron chi connectivity index (χ1n) is 6.62. The van der Waals surface area contributed by atoms with E-state index in [1.807, 2.05) is 47.5 Å². The van der Waals surface area contributed by atoms with Crippen molar-refractivity contribution in [3.05, 3.63) is 35.7 Å². The molecule has 0 atom stereocenters. The van der Waals surface area contributed by atoms with Gasteiger partial charge in [-0.1, -0.05) is 30.3 Å². The first-order valence-corrected chi connectivity index (χ1v) is 7.50. The predicted molar refractivity (Wildman–Crippen MR) is 78.3 cm³/mol. The highest BCUT2D eigenvalue weighted by atomic mass is 32.1. The van der Waals surface area contributed by atoms with Crippen LogP contribution >= 0.6 is 11.3 Å². The van der Waals surface area contributed by atoms with Crippen LogP contribution in [0.3, 0.4) is 0 Å². The lowest BCUT2D eigenvalue weighted by Crippen LogP contribution is -2.31. The third-order valence-corrected chi connectivity index (χ3v) is 4.16. The number of carbonyl (C=O) groups excluding carboxylic acids is 1. The number of carbonyl (C=O) groups is 1. The van der Waals surface area contributed by atoms with Gasteiger partial charge in [0, 0.05) is 23.4 Å². The zero-order chi connectivity index (χ0) is 13.2. The molecule has 1 aromatic heterocycles. The van der Waals surface area contributed by atoms with Crippen molar-refractivity contribution in [2.24, 2.45) is 5.92 Å². The van der Waals surface area contributed by atoms with Crippen molar-refractivity contribution in [2.45, 2.75) is 19.8 Å². The molecule has 4 heteroatoms. The molecule has 1 heterocycles. The fraction of sp³-hybridized carbons (Fsp3) is 0.333. The molecule has 19 heavy (non-hydrogen) atoms. The molecule has 0 spiro atoms. The molecule has 0 radical (unpaired) electrons. The number of rotatable bonds is 4. The van der Waals surface area contributed by atoms with Crippen LogP contribution in [0.4, 0.5) is 5.13 Å². The lowest BCUT2D eigenvalue weighted by Gasteiger charge is -2.17. The molecule has 3 rings (SSSR count). The van der Waals surface area contributed by atoms with Gasteiger partial charge in [0.1, 0.15) is 0 Å². The van der Waals surface area contributed by atoms with Gasteiger partial charge in [0.05, 0.1) is 5.69 Å². The zero-order valence-electron chi connectivity index (χ0n) is 10.9. The van der Waals surface area contributed by atoms with Gasteiger partial charge in [-0.25, -0.2) is 4.98 Å². The van der Waals surface area contributed by atoms with Gasteiger partial charge < -0.3 is 0 Å². The molecule has 0 saturated heterocycles. The van der Waals surface area contributed by atoms with Crippen molar-refractivity contribution in [2.75, 3.05) is 11.4 Å². The molecule has 3 nitrogen and oxygen atoms in total. The van der Waals surface area contributed by atoms with Crippen LogP contribution in [0.1, 0.15) is 19.8 Å². The van der Waals surface area contributed by atoms with Crippen LogP contribution in [-0.4, -0.2) is 17.4 Å². The Labute approximate surface area is 116 Å². The minimum absolute atomic E-state index is 0.233. The summed E-state index contributed by atoms with van der Waals surface area (Å²) in [5.74, 6) is 0.473. The van der Waals surface area contributed by atoms with Crippen LogP contribution in [-0.2, 0) is 4.79 Å². The molecule has 98 valence electrons. The Balaban J connectivity index is 1.85. The normalized spacial score (nSPS) is 14.4. The molecule has 1 saturated carbocycles. The molecule has 0 aliphatic heterocycles. The number of benzene rings is 1. The van der Waals surface area contributed by atoms with Gasteiger partial charge in [-0.2, -0.15) is 0 Å². The quantitative estimate of drug-likeness (QED) is 0.852. The molecule has 0 N–H and O–H groups in total. The molecule has 1 amide bonds. The minimum atomic E-state index is 0.233. The van der Waals surface area contributed by atoms with Gasteiger partial charge >= 0.3 is 0 Å². The van der Waals surface area contributed by atoms with Crippen molar-refractivity contribution in [1.82, 2.24) is 4.98 Å². The summed E-state index contributed by atoms with van der Waals surface area (Å²) < 4.78 is 0. The van der Waals surface area contributed by atoms with Crippen LogP contribution in [0, 0.1) is 5.92 Å². The Morgan fingerprint density at radius 2 is 2.11 bits per heavy atom. The smallest absolute Gasteiger partial charge is 0.231 e. The lowest BCUT2D eigenvalue weighted by atomic mass is 10.2. The molecule has 1 aliphatic carbocycles. The Bertz CT molecular complexity index is 575. The van der Waals surface area contributed by atoms with E-state index in [-0.39, 0.29) is 11.8 Å². The van der Waals surface area contributed by atoms with Gasteiger partial charge in [-0.3, -0.25) is 9.69 Å². The molecule has 0 unspecified atom stereocenters. The van der Waals surface area contributed by atoms with Gasteiger partial charge in [-0.15, -0.1) is 11.3 Å². The standard InChI is InChI=1S/C15H16N2OS/c1-2-17(14(18)12-8-9-12)15-16-13(10-19-15)11-6-4-3-5-7-11/h3-7,10,12H,2,8-9H2,1H3. The maximum Gasteiger partial charge on any atom is 0.231 e. The largest absolute Gasteiger partial charge is 0.288 e. The third kappa shape index (κ3) is 2.54. The van der Waals surface area contributed by atoms with Crippen LogP contribution < -0.4 is 4.90 Å². The fourth-order valence-corrected chi connectivity index (χ4v) is 2.97. The van der Waals surface area contributed by atoms with E-state index in [9.17, 15) is 4.79 Å². The molecule has 0 bridgehead atoms. The SMILES string of the molecule is CCN(C(=O)C1CC1)c1nc(-c2ccccc2)cs1. The van der Waals surface area contributed by atoms with E-state index >= 15 is 0 Å². The first-order chi connectivity index (χ1) is 9.29. The summed E-state index contributed by atoms with van der Waals surface area (Å²) in [5.41, 5.74) is 2.04. The Kier molecular flexibility index (Phi) is 3.34. The number of aromatic nitrogens is 1. The molecule has 1 aliphatic rings. The number of hydrogen-bond donors (Lipinski definition) is 0. The molecular formula is C15H16N2OS. The first kappa shape index (κ1) is 12.4. The molecule has 1 aromatic carbocycles. The molecule has 1 fully saturated rings. The topological polar surface area (TPSA) is 33.2 Å². The van der Waals surface area contributed by atoms with Crippen LogP contribution in [0.2, 0.25) is 0 Å². The van der Waals surface area contributed by atoms with Crippen molar-refractivity contribution in [1.29, 1.82) is 0 Å². The maximum absolute atomic E-state index is 12.2. The lowest BCUT2D eigenvalue weighted by molar-refractivity contribution is -0.119. The van der Waals surface area contributed by atoms with Crippen LogP contribution in [0.5, 0.6) is 0 Å². The second-order valence-electron chi connectivity index (χ2n) is 4.74. The highest BCUT2D eigenvalue weighted by Crippen LogP contribution is 2.34. The van der Waals surface area contributed by atoms with E-state index in [4.69, 9.17) is 0 Å². The average Bonchev–Trinajstić information content (AvgIpc) is 3.20. The zero-order valence-corrected chi connectivity index (χ0v) is 11.7. The van der Waals surface area contributed by atoms with Crippen molar-refractivity contribution < 1.29 is 4.79 Å². The van der Waals surface area contributed by atoms with Crippen molar-refractivity contribution >= 4 is 22.4 Å². The monoisotopic (exact) mass is 272 g/mol. The van der Waals surface area contributed by atoms with E-state index in [0.29, 0.717) is 6.54 Å². The number of anilines is 1. The summed E-state index contributed by atoms with van der Waals surface area (Å²) in [4.78, 5) is 18.6. The summed E-state index contributed by atoms with van der Waals surface area (Å²) in [5, 5.41) is 2.84. The van der Waals surface area contributed by atoms with Gasteiger partial charge in [0.25, 0.3) is 0 Å². The Hall–Kier alpha value is -1.68. The van der Waals surface area contributed by atoms with Gasteiger partial charge in [-0.05, 0) is 19.8 Å². The molecule has 2 aromatic rings. The molecular weight excluding hydrogens is 256 g/mol. The van der Waals surface area contributed by atoms with Crippen molar-refractivity contribution in [3.8, 4) is 11.3 Å². The summed E-state index contributed by atoms with van der Waals surface area (Å²) in [6.45, 7) is 2.70. The van der Waals surface area contributed by atoms with E-state index in [0.717, 1.165) is 29.2 Å². The predicted octanol–water partition coefficient (Wildman–Crippen LogP) is 3.57. The summed E-state index contributed by atoms with van der Waals surface area (Å²) in [7, 11) is 0. The summed E-state index contributed by atoms with van der Waals surface area (Å²) >= 11 is 1.54. The highest BCUT2D eigenvalue weighted by molar-refractivity contribution is 7.14. The van der Waals surface area contributed by atoms with Gasteiger partial charge in [0.15, 0.2) is 5.13 Å². The summed E-state index contributed by atoms with van der Waals surface area (Å²) in [6, 6.07) is 10.1. The Morgan fingerprint density at radius 3 is 2.74 bits per heavy atom. The number of nitrogens with zero attached hydrogens (tertiary/aromatic N) is 2. The van der Waals surface area contributed by atoms with Crippen LogP contribution in [0.15, 0.2) is 35.7 Å².